The standard InChI is InChI=1S/C16H14ClNO3S/c1-11(19)12-5-6-16-13(9-12)7-8-18(16)22(20,21)15-4-2-3-14(17)10-15/h2-6,9-10H,7-8H2,1H3. The van der Waals surface area contributed by atoms with E-state index >= 15 is 0 Å². The Hall–Kier alpha value is -1.85. The first-order valence-electron chi connectivity index (χ1n) is 6.82. The van der Waals surface area contributed by atoms with E-state index in [2.05, 4.69) is 0 Å². The van der Waals surface area contributed by atoms with Gasteiger partial charge in [0.15, 0.2) is 5.78 Å². The van der Waals surface area contributed by atoms with Gasteiger partial charge in [0.05, 0.1) is 10.6 Å². The van der Waals surface area contributed by atoms with Crippen molar-refractivity contribution in [2.24, 2.45) is 0 Å². The van der Waals surface area contributed by atoms with Crippen LogP contribution in [0.3, 0.4) is 0 Å². The highest BCUT2D eigenvalue weighted by Crippen LogP contribution is 2.34. The number of rotatable bonds is 3. The largest absolute Gasteiger partial charge is 0.295 e. The van der Waals surface area contributed by atoms with Crippen molar-refractivity contribution in [3.8, 4) is 0 Å². The monoisotopic (exact) mass is 335 g/mol. The fourth-order valence-corrected chi connectivity index (χ4v) is 4.40. The van der Waals surface area contributed by atoms with Gasteiger partial charge in [0.1, 0.15) is 0 Å². The molecule has 0 aromatic heterocycles. The van der Waals surface area contributed by atoms with Crippen molar-refractivity contribution in [3.63, 3.8) is 0 Å². The molecule has 1 aliphatic heterocycles. The lowest BCUT2D eigenvalue weighted by molar-refractivity contribution is 0.101. The zero-order chi connectivity index (χ0) is 15.9. The summed E-state index contributed by atoms with van der Waals surface area (Å²) in [5.74, 6) is -0.0288. The van der Waals surface area contributed by atoms with Crippen LogP contribution in [-0.4, -0.2) is 20.7 Å². The highest BCUT2D eigenvalue weighted by atomic mass is 35.5. The van der Waals surface area contributed by atoms with Crippen molar-refractivity contribution in [3.05, 3.63) is 58.6 Å². The van der Waals surface area contributed by atoms with Crippen molar-refractivity contribution >= 4 is 33.1 Å². The molecule has 0 saturated heterocycles. The van der Waals surface area contributed by atoms with Crippen molar-refractivity contribution in [2.45, 2.75) is 18.2 Å². The average molecular weight is 336 g/mol. The summed E-state index contributed by atoms with van der Waals surface area (Å²) in [6.45, 7) is 1.86. The Morgan fingerprint density at radius 2 is 1.95 bits per heavy atom. The van der Waals surface area contributed by atoms with Gasteiger partial charge in [-0.25, -0.2) is 8.42 Å². The van der Waals surface area contributed by atoms with E-state index in [4.69, 9.17) is 11.6 Å². The van der Waals surface area contributed by atoms with Crippen LogP contribution in [0, 0.1) is 0 Å². The lowest BCUT2D eigenvalue weighted by Crippen LogP contribution is -2.29. The van der Waals surface area contributed by atoms with E-state index in [1.165, 1.54) is 23.4 Å². The van der Waals surface area contributed by atoms with Crippen molar-refractivity contribution in [1.29, 1.82) is 0 Å². The molecule has 0 N–H and O–H groups in total. The molecule has 0 saturated carbocycles. The minimum absolute atomic E-state index is 0.0288. The zero-order valence-electron chi connectivity index (χ0n) is 11.9. The molecule has 0 spiro atoms. The molecule has 3 rings (SSSR count). The molecule has 0 fully saturated rings. The summed E-state index contributed by atoms with van der Waals surface area (Å²) in [5, 5.41) is 0.382. The fraction of sp³-hybridized carbons (Fsp3) is 0.188. The first kappa shape index (κ1) is 15.1. The maximum Gasteiger partial charge on any atom is 0.264 e. The molecule has 0 atom stereocenters. The maximum absolute atomic E-state index is 12.8. The van der Waals surface area contributed by atoms with Crippen LogP contribution in [0.2, 0.25) is 5.02 Å². The van der Waals surface area contributed by atoms with Gasteiger partial charge in [-0.15, -0.1) is 0 Å². The summed E-state index contributed by atoms with van der Waals surface area (Å²) in [4.78, 5) is 11.6. The molecule has 0 bridgehead atoms. The van der Waals surface area contributed by atoms with Crippen molar-refractivity contribution in [1.82, 2.24) is 0 Å². The van der Waals surface area contributed by atoms with E-state index in [0.717, 1.165) is 5.56 Å². The molecule has 2 aromatic carbocycles. The third-order valence-corrected chi connectivity index (χ3v) is 5.77. The minimum Gasteiger partial charge on any atom is -0.295 e. The number of halogens is 1. The van der Waals surface area contributed by atoms with E-state index in [0.29, 0.717) is 29.2 Å². The Bertz CT molecular complexity index is 861. The van der Waals surface area contributed by atoms with Gasteiger partial charge in [-0.2, -0.15) is 0 Å². The molecule has 114 valence electrons. The summed E-state index contributed by atoms with van der Waals surface area (Å²) in [5.41, 5.74) is 2.10. The molecule has 0 radical (unpaired) electrons. The van der Waals surface area contributed by atoms with E-state index in [-0.39, 0.29) is 10.7 Å². The number of anilines is 1. The van der Waals surface area contributed by atoms with Crippen LogP contribution in [-0.2, 0) is 16.4 Å². The third kappa shape index (κ3) is 2.51. The summed E-state index contributed by atoms with van der Waals surface area (Å²) in [6, 6.07) is 11.4. The molecule has 4 nitrogen and oxygen atoms in total. The second kappa shape index (κ2) is 5.41. The summed E-state index contributed by atoms with van der Waals surface area (Å²) < 4.78 is 26.9. The zero-order valence-corrected chi connectivity index (χ0v) is 13.5. The summed E-state index contributed by atoms with van der Waals surface area (Å²) >= 11 is 5.89. The number of nitrogens with zero attached hydrogens (tertiary/aromatic N) is 1. The van der Waals surface area contributed by atoms with Gasteiger partial charge in [-0.3, -0.25) is 9.10 Å². The number of carbonyl (C=O) groups excluding carboxylic acids is 1. The Kier molecular flexibility index (Phi) is 3.70. The molecule has 1 heterocycles. The third-order valence-electron chi connectivity index (χ3n) is 3.72. The molecule has 0 aliphatic carbocycles. The fourth-order valence-electron chi connectivity index (χ4n) is 2.59. The molecule has 0 unspecified atom stereocenters. The Balaban J connectivity index is 2.04. The number of fused-ring (bicyclic) bond motifs is 1. The van der Waals surface area contributed by atoms with E-state index in [1.807, 2.05) is 0 Å². The first-order chi connectivity index (χ1) is 10.4. The molecular formula is C16H14ClNO3S. The Morgan fingerprint density at radius 1 is 1.18 bits per heavy atom. The lowest BCUT2D eigenvalue weighted by Gasteiger charge is -2.19. The predicted molar refractivity (Wildman–Crippen MR) is 86.1 cm³/mol. The molecule has 0 amide bonds. The van der Waals surface area contributed by atoms with Crippen LogP contribution in [0.1, 0.15) is 22.8 Å². The topological polar surface area (TPSA) is 54.5 Å². The first-order valence-corrected chi connectivity index (χ1v) is 8.63. The predicted octanol–water partition coefficient (Wildman–Crippen LogP) is 3.29. The smallest absolute Gasteiger partial charge is 0.264 e. The van der Waals surface area contributed by atoms with E-state index in [1.54, 1.807) is 30.3 Å². The minimum atomic E-state index is -3.64. The lowest BCUT2D eigenvalue weighted by atomic mass is 10.1. The number of benzene rings is 2. The van der Waals surface area contributed by atoms with Crippen LogP contribution in [0.5, 0.6) is 0 Å². The number of carbonyl (C=O) groups is 1. The van der Waals surface area contributed by atoms with Crippen LogP contribution >= 0.6 is 11.6 Å². The Morgan fingerprint density at radius 3 is 2.64 bits per heavy atom. The van der Waals surface area contributed by atoms with Gasteiger partial charge in [-0.05, 0) is 55.3 Å². The Labute approximate surface area is 134 Å². The highest BCUT2D eigenvalue weighted by Gasteiger charge is 2.31. The summed E-state index contributed by atoms with van der Waals surface area (Å²) in [6.07, 6.45) is 0.594. The molecule has 22 heavy (non-hydrogen) atoms. The molecule has 1 aliphatic rings. The molecular weight excluding hydrogens is 322 g/mol. The van der Waals surface area contributed by atoms with Gasteiger partial charge >= 0.3 is 0 Å². The molecule has 2 aromatic rings. The molecule has 6 heteroatoms. The summed E-state index contributed by atoms with van der Waals surface area (Å²) in [7, 11) is -3.64. The van der Waals surface area contributed by atoms with Gasteiger partial charge in [-0.1, -0.05) is 17.7 Å². The van der Waals surface area contributed by atoms with E-state index in [9.17, 15) is 13.2 Å². The maximum atomic E-state index is 12.8. The normalized spacial score (nSPS) is 14.0. The second-order valence-electron chi connectivity index (χ2n) is 5.18. The van der Waals surface area contributed by atoms with Gasteiger partial charge < -0.3 is 0 Å². The van der Waals surface area contributed by atoms with Crippen molar-refractivity contribution < 1.29 is 13.2 Å². The van der Waals surface area contributed by atoms with Gasteiger partial charge in [0.25, 0.3) is 10.0 Å². The van der Waals surface area contributed by atoms with Crippen LogP contribution < -0.4 is 4.31 Å². The van der Waals surface area contributed by atoms with Crippen LogP contribution in [0.4, 0.5) is 5.69 Å². The number of Topliss-reactive ketones (excluding diaryl/α,β-unsaturated/α-hetero) is 1. The number of hydrogen-bond acceptors (Lipinski definition) is 3. The van der Waals surface area contributed by atoms with Gasteiger partial charge in [0.2, 0.25) is 0 Å². The van der Waals surface area contributed by atoms with Crippen LogP contribution in [0.25, 0.3) is 0 Å². The SMILES string of the molecule is CC(=O)c1ccc2c(c1)CCN2S(=O)(=O)c1cccc(Cl)c1. The number of sulfonamides is 1. The number of ketones is 1. The van der Waals surface area contributed by atoms with Crippen LogP contribution in [0.15, 0.2) is 47.4 Å². The second-order valence-corrected chi connectivity index (χ2v) is 7.48. The van der Waals surface area contributed by atoms with Gasteiger partial charge in [0, 0.05) is 17.1 Å². The van der Waals surface area contributed by atoms with E-state index < -0.39 is 10.0 Å². The van der Waals surface area contributed by atoms with Crippen molar-refractivity contribution in [2.75, 3.05) is 10.8 Å². The number of hydrogen-bond donors (Lipinski definition) is 0. The highest BCUT2D eigenvalue weighted by molar-refractivity contribution is 7.92. The quantitative estimate of drug-likeness (QED) is 0.809. The average Bonchev–Trinajstić information content (AvgIpc) is 2.90.